The fourth-order valence-corrected chi connectivity index (χ4v) is 5.65. The van der Waals surface area contributed by atoms with Crippen molar-refractivity contribution >= 4 is 39.1 Å². The van der Waals surface area contributed by atoms with Gasteiger partial charge in [-0.2, -0.15) is 0 Å². The van der Waals surface area contributed by atoms with Crippen LogP contribution in [0.2, 0.25) is 0 Å². The molecule has 4 rings (SSSR count). The lowest BCUT2D eigenvalue weighted by atomic mass is 10.0. The van der Waals surface area contributed by atoms with Crippen LogP contribution in [-0.2, 0) is 34.0 Å². The summed E-state index contributed by atoms with van der Waals surface area (Å²) >= 11 is 0. The van der Waals surface area contributed by atoms with E-state index in [-0.39, 0.29) is 35.6 Å². The van der Waals surface area contributed by atoms with Crippen molar-refractivity contribution in [2.24, 2.45) is 11.5 Å². The Kier molecular flexibility index (Phi) is 30.8. The lowest BCUT2D eigenvalue weighted by Crippen LogP contribution is -2.23. The zero-order chi connectivity index (χ0) is 46.4. The highest BCUT2D eigenvalue weighted by molar-refractivity contribution is 7.88. The van der Waals surface area contributed by atoms with Gasteiger partial charge in [-0.15, -0.1) is 0 Å². The van der Waals surface area contributed by atoms with Crippen LogP contribution in [-0.4, -0.2) is 69.9 Å². The Bertz CT molecular complexity index is 2060. The molecule has 0 radical (unpaired) electrons. The number of hydrogen-bond donors (Lipinski definition) is 4. The Labute approximate surface area is 374 Å². The third-order valence-corrected chi connectivity index (χ3v) is 9.12. The summed E-state index contributed by atoms with van der Waals surface area (Å²) in [5, 5.41) is 2.67. The van der Waals surface area contributed by atoms with E-state index in [2.05, 4.69) is 10.0 Å². The maximum atomic E-state index is 11.8. The van der Waals surface area contributed by atoms with Crippen molar-refractivity contribution in [1.29, 1.82) is 0 Å². The van der Waals surface area contributed by atoms with Gasteiger partial charge in [-0.1, -0.05) is 170 Å². The molecule has 12 heteroatoms. The van der Waals surface area contributed by atoms with Gasteiger partial charge in [-0.25, -0.2) is 13.1 Å². The van der Waals surface area contributed by atoms with E-state index in [0.717, 1.165) is 30.2 Å². The summed E-state index contributed by atoms with van der Waals surface area (Å²) in [5.41, 5.74) is 13.5. The monoisotopic (exact) mass is 876 g/mol. The summed E-state index contributed by atoms with van der Waals surface area (Å²) in [6.45, 7) is 3.45. The van der Waals surface area contributed by atoms with Gasteiger partial charge in [0, 0.05) is 68.0 Å². The predicted molar refractivity (Wildman–Crippen MR) is 259 cm³/mol. The number of carbonyl (C=O) groups is 5. The van der Waals surface area contributed by atoms with Crippen LogP contribution in [0.4, 0.5) is 0 Å². The number of amides is 1. The zero-order valence-electron chi connectivity index (χ0n) is 36.6. The van der Waals surface area contributed by atoms with Crippen LogP contribution < -0.4 is 21.5 Å². The molecule has 0 fully saturated rings. The molecule has 0 spiro atoms. The molecule has 1 amide bonds. The standard InChI is InChI=1S/C14H17NO2.C13H17NO3S.2C12H15NO/c1-12(16)15-11-7-10-14(17)13-8-5-3-2-4-6-9-13;1-18(16,17)14-11-7-10-13(15)12-8-5-3-2-4-6-9-12;2*13-10-6-9-12(14)11-7-4-2-1-3-5-8-11/h2-6,8-9H,7,10-11H2,1H3,(H,15,16);2-6,8-9,14H,7,10-11H2,1H3;2*1-5,7-8H,6,9-10,13H2/b3-2-,4-2?,5-3?,6-4-,8-5?,9-6?,13-8?,13-9?;3-2-,4-2?,5-3?,6-4-,8-5?,9-6?,12-8?,12-9?;2*2-1-,3-1?,4-2?,5-3-,7-4?,8-5?,11-7?,11-8?. The molecule has 63 heavy (non-hydrogen) atoms. The van der Waals surface area contributed by atoms with Crippen LogP contribution in [0.1, 0.15) is 58.3 Å². The first-order valence-corrected chi connectivity index (χ1v) is 22.9. The lowest BCUT2D eigenvalue weighted by Gasteiger charge is -2.03. The van der Waals surface area contributed by atoms with Crippen molar-refractivity contribution in [2.75, 3.05) is 32.4 Å². The van der Waals surface area contributed by atoms with Crippen molar-refractivity contribution in [2.45, 2.75) is 58.3 Å². The summed E-state index contributed by atoms with van der Waals surface area (Å²) in [5.74, 6) is 0.377. The number of Topliss-reactive ketones (excluding diaryl/α,β-unsaturated/α-hetero) is 4. The maximum absolute atomic E-state index is 11.8. The van der Waals surface area contributed by atoms with Crippen molar-refractivity contribution in [1.82, 2.24) is 10.0 Å². The lowest BCUT2D eigenvalue weighted by molar-refractivity contribution is -0.119. The van der Waals surface area contributed by atoms with E-state index in [0.29, 0.717) is 69.3 Å². The molecule has 0 aromatic rings. The van der Waals surface area contributed by atoms with Crippen LogP contribution >= 0.6 is 0 Å². The third kappa shape index (κ3) is 30.5. The van der Waals surface area contributed by atoms with Crippen molar-refractivity contribution in [3.8, 4) is 0 Å². The van der Waals surface area contributed by atoms with E-state index >= 15 is 0 Å². The average Bonchev–Trinajstić information content (AvgIpc) is 3.19. The number of nitrogens with one attached hydrogen (secondary N) is 2. The van der Waals surface area contributed by atoms with Crippen molar-refractivity contribution in [3.05, 3.63) is 192 Å². The Hall–Kier alpha value is -6.18. The van der Waals surface area contributed by atoms with E-state index in [9.17, 15) is 32.4 Å². The molecule has 11 nitrogen and oxygen atoms in total. The molecule has 0 aliphatic heterocycles. The number of carbonyl (C=O) groups excluding carboxylic acids is 5. The van der Waals surface area contributed by atoms with E-state index in [1.54, 1.807) is 24.3 Å². The molecule has 0 heterocycles. The molecule has 0 saturated carbocycles. The van der Waals surface area contributed by atoms with Crippen LogP contribution in [0.15, 0.2) is 192 Å². The number of sulfonamides is 1. The van der Waals surface area contributed by atoms with Crippen LogP contribution in [0.25, 0.3) is 0 Å². The zero-order valence-corrected chi connectivity index (χ0v) is 37.4. The Morgan fingerprint density at radius 2 is 0.698 bits per heavy atom. The quantitative estimate of drug-likeness (QED) is 0.0958. The number of hydrogen-bond acceptors (Lipinski definition) is 9. The van der Waals surface area contributed by atoms with Gasteiger partial charge in [-0.3, -0.25) is 24.0 Å². The van der Waals surface area contributed by atoms with E-state index < -0.39 is 10.0 Å². The smallest absolute Gasteiger partial charge is 0.216 e. The molecule has 0 aromatic carbocycles. The third-order valence-electron chi connectivity index (χ3n) is 8.39. The Morgan fingerprint density at radius 1 is 0.429 bits per heavy atom. The van der Waals surface area contributed by atoms with Crippen LogP contribution in [0, 0.1) is 0 Å². The Balaban J connectivity index is 0.000000422. The van der Waals surface area contributed by atoms with Gasteiger partial charge in [0.15, 0.2) is 23.1 Å². The van der Waals surface area contributed by atoms with Crippen molar-refractivity contribution < 1.29 is 32.4 Å². The minimum Gasteiger partial charge on any atom is -0.356 e. The fourth-order valence-electron chi connectivity index (χ4n) is 5.13. The topological polar surface area (TPSA) is 196 Å². The molecule has 0 atom stereocenters. The summed E-state index contributed by atoms with van der Waals surface area (Å²) in [6.07, 6.45) is 57.6. The highest BCUT2D eigenvalue weighted by atomic mass is 32.2. The van der Waals surface area contributed by atoms with Gasteiger partial charge >= 0.3 is 0 Å². The van der Waals surface area contributed by atoms with Gasteiger partial charge in [0.2, 0.25) is 15.9 Å². The molecular weight excluding hydrogens is 813 g/mol. The summed E-state index contributed by atoms with van der Waals surface area (Å²) in [4.78, 5) is 57.5. The molecule has 0 saturated heterocycles. The van der Waals surface area contributed by atoms with Gasteiger partial charge in [-0.05, 0) is 38.8 Å². The summed E-state index contributed by atoms with van der Waals surface area (Å²) in [7, 11) is -3.17. The minimum atomic E-state index is -3.17. The van der Waals surface area contributed by atoms with Crippen LogP contribution in [0.3, 0.4) is 0 Å². The average molecular weight is 877 g/mol. The molecule has 4 aliphatic carbocycles. The number of allylic oxidation sites excluding steroid dienone is 32. The highest BCUT2D eigenvalue weighted by Crippen LogP contribution is 2.10. The van der Waals surface area contributed by atoms with E-state index in [4.69, 9.17) is 11.5 Å². The predicted octanol–water partition coefficient (Wildman–Crippen LogP) is 7.38. The summed E-state index contributed by atoms with van der Waals surface area (Å²) < 4.78 is 24.0. The van der Waals surface area contributed by atoms with Crippen molar-refractivity contribution in [3.63, 3.8) is 0 Å². The normalized spacial score (nSPS) is 18.7. The molecule has 336 valence electrons. The van der Waals surface area contributed by atoms with Gasteiger partial charge in [0.05, 0.1) is 6.26 Å². The first kappa shape index (κ1) is 54.8. The maximum Gasteiger partial charge on any atom is 0.216 e. The second kappa shape index (κ2) is 35.4. The molecule has 6 N–H and O–H groups in total. The first-order valence-electron chi connectivity index (χ1n) is 21.0. The second-order valence-electron chi connectivity index (χ2n) is 13.8. The molecule has 0 aromatic heterocycles. The van der Waals surface area contributed by atoms with Gasteiger partial charge in [0.25, 0.3) is 0 Å². The second-order valence-corrected chi connectivity index (χ2v) is 15.7. The number of ketones is 4. The van der Waals surface area contributed by atoms with E-state index in [1.807, 2.05) is 146 Å². The molecule has 0 bridgehead atoms. The molecular formula is C51H64N4O7S. The van der Waals surface area contributed by atoms with Gasteiger partial charge < -0.3 is 16.8 Å². The minimum absolute atomic E-state index is 0.0153. The highest BCUT2D eigenvalue weighted by Gasteiger charge is 2.09. The largest absolute Gasteiger partial charge is 0.356 e. The molecule has 0 unspecified atom stereocenters. The fraction of sp³-hybridized carbons (Fsp3) is 0.275. The Morgan fingerprint density at radius 3 is 0.984 bits per heavy atom. The van der Waals surface area contributed by atoms with Crippen LogP contribution in [0.5, 0.6) is 0 Å². The molecule has 4 aliphatic rings. The number of rotatable bonds is 19. The first-order chi connectivity index (χ1) is 30.4. The number of nitrogens with two attached hydrogens (primary N) is 2. The summed E-state index contributed by atoms with van der Waals surface area (Å²) in [6, 6.07) is 0. The van der Waals surface area contributed by atoms with E-state index in [1.165, 1.54) is 6.92 Å². The van der Waals surface area contributed by atoms with Gasteiger partial charge in [0.1, 0.15) is 0 Å². The SMILES string of the molecule is CC(=O)NCCCC(=O)C1=C/C=C\C=C/C=C1.CS(=O)(=O)NCCCC(=O)C1=C/C=C\C=C/C=C1.NCCCC(=O)C1=C/C=C\C=C/C=C1.NCCCC(=O)C1=C/C=C\C=C/C=C1.